The van der Waals surface area contributed by atoms with Crippen LogP contribution in [0.15, 0.2) is 66.2 Å². The molecule has 2 amide bonds. The van der Waals surface area contributed by atoms with Gasteiger partial charge in [0.05, 0.1) is 33.1 Å². The number of nitrogens with one attached hydrogen (secondary N) is 1. The maximum atomic E-state index is 13.2. The van der Waals surface area contributed by atoms with Crippen LogP contribution in [0, 0.1) is 17.0 Å². The zero-order valence-corrected chi connectivity index (χ0v) is 21.6. The minimum absolute atomic E-state index is 0.0302. The Kier molecular flexibility index (Phi) is 7.27. The second-order valence-corrected chi connectivity index (χ2v) is 9.99. The highest BCUT2D eigenvalue weighted by Crippen LogP contribution is 2.31. The maximum absolute atomic E-state index is 13.2. The third-order valence-corrected chi connectivity index (χ3v) is 7.76. The number of benzene rings is 2. The van der Waals surface area contributed by atoms with Gasteiger partial charge in [-0.25, -0.2) is 9.67 Å². The summed E-state index contributed by atoms with van der Waals surface area (Å²) in [7, 11) is 0. The maximum Gasteiger partial charge on any atom is 0.274 e. The highest BCUT2D eigenvalue weighted by molar-refractivity contribution is 7.09. The van der Waals surface area contributed by atoms with E-state index in [0.29, 0.717) is 29.9 Å². The predicted octanol–water partition coefficient (Wildman–Crippen LogP) is 4.50. The molecule has 0 bridgehead atoms. The molecule has 1 aliphatic heterocycles. The minimum Gasteiger partial charge on any atom is -0.346 e. The first-order valence-electron chi connectivity index (χ1n) is 12.3. The summed E-state index contributed by atoms with van der Waals surface area (Å²) in [5, 5.41) is 20.9. The number of carbonyl (C=O) groups is 2. The molecule has 2 aromatic carbocycles. The van der Waals surface area contributed by atoms with E-state index in [0.717, 1.165) is 29.2 Å². The Balaban J connectivity index is 1.17. The van der Waals surface area contributed by atoms with Crippen molar-refractivity contribution in [1.82, 2.24) is 25.0 Å². The lowest BCUT2D eigenvalue weighted by Crippen LogP contribution is -2.38. The number of hydrogen-bond acceptors (Lipinski definition) is 7. The van der Waals surface area contributed by atoms with E-state index < -0.39 is 4.92 Å². The van der Waals surface area contributed by atoms with Crippen LogP contribution in [0.1, 0.15) is 55.9 Å². The average molecular weight is 531 g/mol. The van der Waals surface area contributed by atoms with Crippen molar-refractivity contribution in [3.05, 3.63) is 104 Å². The lowest BCUT2D eigenvalue weighted by Gasteiger charge is -2.31. The van der Waals surface area contributed by atoms with Crippen LogP contribution in [0.5, 0.6) is 0 Å². The summed E-state index contributed by atoms with van der Waals surface area (Å²) in [5.74, 6) is -0.240. The number of thiazole rings is 1. The first kappa shape index (κ1) is 25.3. The number of likely N-dealkylation sites (tertiary alicyclic amines) is 1. The van der Waals surface area contributed by atoms with Crippen molar-refractivity contribution in [3.63, 3.8) is 0 Å². The van der Waals surface area contributed by atoms with Gasteiger partial charge in [0.1, 0.15) is 5.69 Å². The van der Waals surface area contributed by atoms with Crippen LogP contribution in [0.2, 0.25) is 0 Å². The van der Waals surface area contributed by atoms with Crippen molar-refractivity contribution in [2.45, 2.75) is 32.2 Å². The molecular formula is C27H26N6O4S. The van der Waals surface area contributed by atoms with Crippen LogP contribution in [-0.4, -0.2) is 49.5 Å². The van der Waals surface area contributed by atoms with Gasteiger partial charge in [0.15, 0.2) is 0 Å². The Bertz CT molecular complexity index is 1470. The summed E-state index contributed by atoms with van der Waals surface area (Å²) in [6.45, 7) is 3.14. The van der Waals surface area contributed by atoms with Crippen LogP contribution in [0.25, 0.3) is 5.69 Å². The van der Waals surface area contributed by atoms with Crippen molar-refractivity contribution in [3.8, 4) is 5.69 Å². The molecule has 38 heavy (non-hydrogen) atoms. The second-order valence-electron chi connectivity index (χ2n) is 9.10. The molecule has 2 aromatic heterocycles. The van der Waals surface area contributed by atoms with Gasteiger partial charge in [0.25, 0.3) is 17.5 Å². The molecule has 10 nitrogen and oxygen atoms in total. The highest BCUT2D eigenvalue weighted by atomic mass is 32.1. The largest absolute Gasteiger partial charge is 0.346 e. The van der Waals surface area contributed by atoms with E-state index in [1.807, 2.05) is 42.2 Å². The van der Waals surface area contributed by atoms with E-state index in [9.17, 15) is 19.7 Å². The molecule has 1 N–H and O–H groups in total. The summed E-state index contributed by atoms with van der Waals surface area (Å²) in [6, 6.07) is 16.0. The van der Waals surface area contributed by atoms with Crippen molar-refractivity contribution in [1.29, 1.82) is 0 Å². The molecule has 5 rings (SSSR count). The molecule has 194 valence electrons. The molecule has 0 aliphatic carbocycles. The first-order chi connectivity index (χ1) is 18.4. The topological polar surface area (TPSA) is 123 Å². The van der Waals surface area contributed by atoms with Gasteiger partial charge in [0, 0.05) is 42.6 Å². The molecule has 0 saturated carbocycles. The predicted molar refractivity (Wildman–Crippen MR) is 143 cm³/mol. The van der Waals surface area contributed by atoms with Gasteiger partial charge in [0.2, 0.25) is 0 Å². The minimum atomic E-state index is -0.462. The van der Waals surface area contributed by atoms with E-state index in [2.05, 4.69) is 15.4 Å². The number of nitrogens with zero attached hydrogens (tertiary/aromatic N) is 5. The van der Waals surface area contributed by atoms with Crippen LogP contribution in [0.4, 0.5) is 5.69 Å². The smallest absolute Gasteiger partial charge is 0.274 e. The number of aromatic nitrogens is 3. The molecule has 0 atom stereocenters. The van der Waals surface area contributed by atoms with E-state index in [1.165, 1.54) is 17.4 Å². The molecule has 1 fully saturated rings. The zero-order valence-electron chi connectivity index (χ0n) is 20.7. The molecule has 0 radical (unpaired) electrons. The molecule has 11 heteroatoms. The van der Waals surface area contributed by atoms with E-state index in [4.69, 9.17) is 0 Å². The number of nitro groups is 1. The number of carbonyl (C=O) groups excluding carboxylic acids is 2. The summed E-state index contributed by atoms with van der Waals surface area (Å²) in [4.78, 5) is 43.0. The molecular weight excluding hydrogens is 504 g/mol. The summed E-state index contributed by atoms with van der Waals surface area (Å²) < 4.78 is 1.78. The van der Waals surface area contributed by atoms with Crippen LogP contribution in [0.3, 0.4) is 0 Å². The average Bonchev–Trinajstić information content (AvgIpc) is 3.59. The van der Waals surface area contributed by atoms with Crippen LogP contribution in [-0.2, 0) is 6.54 Å². The lowest BCUT2D eigenvalue weighted by molar-refractivity contribution is -0.385. The number of nitro benzene ring substituents is 1. The second kappa shape index (κ2) is 10.9. The number of amides is 2. The fourth-order valence-electron chi connectivity index (χ4n) is 4.63. The third kappa shape index (κ3) is 5.18. The molecule has 1 aliphatic rings. The van der Waals surface area contributed by atoms with Crippen LogP contribution >= 0.6 is 11.3 Å². The van der Waals surface area contributed by atoms with Crippen molar-refractivity contribution >= 4 is 28.8 Å². The first-order valence-corrected chi connectivity index (χ1v) is 13.2. The van der Waals surface area contributed by atoms with Gasteiger partial charge >= 0.3 is 0 Å². The van der Waals surface area contributed by atoms with Gasteiger partial charge in [-0.1, -0.05) is 36.4 Å². The van der Waals surface area contributed by atoms with E-state index in [1.54, 1.807) is 34.5 Å². The molecule has 4 aromatic rings. The molecule has 0 unspecified atom stereocenters. The highest BCUT2D eigenvalue weighted by Gasteiger charge is 2.28. The number of hydrogen-bond donors (Lipinski definition) is 1. The van der Waals surface area contributed by atoms with Crippen molar-refractivity contribution < 1.29 is 14.5 Å². The van der Waals surface area contributed by atoms with Crippen molar-refractivity contribution in [2.75, 3.05) is 13.1 Å². The fraction of sp³-hybridized carbons (Fsp3) is 0.259. The summed E-state index contributed by atoms with van der Waals surface area (Å²) in [6.07, 6.45) is 3.14. The lowest BCUT2D eigenvalue weighted by atomic mass is 9.97. The van der Waals surface area contributed by atoms with Crippen LogP contribution < -0.4 is 5.32 Å². The van der Waals surface area contributed by atoms with Crippen molar-refractivity contribution in [2.24, 2.45) is 0 Å². The van der Waals surface area contributed by atoms with Gasteiger partial charge < -0.3 is 10.2 Å². The van der Waals surface area contributed by atoms with Gasteiger partial charge in [-0.15, -0.1) is 11.3 Å². The third-order valence-electron chi connectivity index (χ3n) is 6.75. The molecule has 3 heterocycles. The summed E-state index contributed by atoms with van der Waals surface area (Å²) in [5.41, 5.74) is 3.01. The Morgan fingerprint density at radius 3 is 2.55 bits per heavy atom. The quantitative estimate of drug-likeness (QED) is 0.277. The number of para-hydroxylation sites is 2. The van der Waals surface area contributed by atoms with Gasteiger partial charge in [-0.3, -0.25) is 19.7 Å². The monoisotopic (exact) mass is 530 g/mol. The fourth-order valence-corrected chi connectivity index (χ4v) is 5.60. The van der Waals surface area contributed by atoms with E-state index >= 15 is 0 Å². The summed E-state index contributed by atoms with van der Waals surface area (Å²) >= 11 is 1.43. The molecule has 1 saturated heterocycles. The zero-order chi connectivity index (χ0) is 26.6. The normalized spacial score (nSPS) is 13.9. The number of piperidine rings is 1. The SMILES string of the molecule is Cc1c(C(=O)N2CCC(c3nc(C(=O)NCc4ccccc4[N+](=O)[O-])cs3)CC2)cnn1-c1ccccc1. The van der Waals surface area contributed by atoms with E-state index in [-0.39, 0.29) is 30.0 Å². The van der Waals surface area contributed by atoms with Gasteiger partial charge in [-0.05, 0) is 31.9 Å². The van der Waals surface area contributed by atoms with Gasteiger partial charge in [-0.2, -0.15) is 5.10 Å². The Morgan fingerprint density at radius 1 is 1.11 bits per heavy atom. The molecule has 0 spiro atoms. The Hall–Kier alpha value is -4.38. The number of rotatable bonds is 7. The Morgan fingerprint density at radius 2 is 1.82 bits per heavy atom. The Labute approximate surface area is 223 Å². The standard InChI is InChI=1S/C27H26N6O4S/c1-18-22(16-29-32(18)21-8-3-2-4-9-21)27(35)31-13-11-19(12-14-31)26-30-23(17-38-26)25(34)28-15-20-7-5-6-10-24(20)33(36)37/h2-10,16-17,19H,11-15H2,1H3,(H,28,34).